The van der Waals surface area contributed by atoms with Gasteiger partial charge in [0.1, 0.15) is 5.01 Å². The molecule has 5 nitrogen and oxygen atoms in total. The Morgan fingerprint density at radius 3 is 2.67 bits per heavy atom. The van der Waals surface area contributed by atoms with Gasteiger partial charge in [0.15, 0.2) is 0 Å². The molecule has 2 atom stereocenters. The summed E-state index contributed by atoms with van der Waals surface area (Å²) in [6.07, 6.45) is -0.000677. The number of aromatic nitrogens is 1. The van der Waals surface area contributed by atoms with Crippen LogP contribution < -0.4 is 11.1 Å². The van der Waals surface area contributed by atoms with Crippen LogP contribution in [0.2, 0.25) is 0 Å². The van der Waals surface area contributed by atoms with Crippen LogP contribution in [0, 0.1) is 0 Å². The first-order valence-electron chi connectivity index (χ1n) is 7.27. The Balaban J connectivity index is 0.00000288. The van der Waals surface area contributed by atoms with Gasteiger partial charge in [-0.2, -0.15) is 0 Å². The number of amides is 1. The highest BCUT2D eigenvalue weighted by atomic mass is 79.9. The number of nitrogens with one attached hydrogen (secondary N) is 1. The lowest BCUT2D eigenvalue weighted by atomic mass is 10.2. The summed E-state index contributed by atoms with van der Waals surface area (Å²) in [5.74, 6) is -0.0878. The van der Waals surface area contributed by atoms with Crippen LogP contribution in [0.1, 0.15) is 24.4 Å². The van der Waals surface area contributed by atoms with Crippen LogP contribution >= 0.6 is 39.7 Å². The summed E-state index contributed by atoms with van der Waals surface area (Å²) in [5, 5.41) is 5.81. The molecule has 0 aliphatic carbocycles. The molecule has 8 heteroatoms. The number of nitrogens with two attached hydrogens (primary N) is 1. The van der Waals surface area contributed by atoms with E-state index >= 15 is 0 Å². The standard InChI is InChI=1S/C16H20BrN3O2S.ClH/c1-10(19-15(21)7-13(8-18)22-2)16-20-14(9-23-16)11-3-5-12(17)6-4-11;/h3-6,9-10,13H,7-8,18H2,1-2H3,(H,19,21);1H. The zero-order valence-electron chi connectivity index (χ0n) is 13.5. The van der Waals surface area contributed by atoms with E-state index in [4.69, 9.17) is 10.5 Å². The second-order valence-electron chi connectivity index (χ2n) is 5.16. The fourth-order valence-corrected chi connectivity index (χ4v) is 3.17. The van der Waals surface area contributed by atoms with Crippen LogP contribution in [-0.2, 0) is 9.53 Å². The van der Waals surface area contributed by atoms with Crippen LogP contribution in [0.15, 0.2) is 34.1 Å². The van der Waals surface area contributed by atoms with Gasteiger partial charge in [0.25, 0.3) is 0 Å². The zero-order valence-corrected chi connectivity index (χ0v) is 16.7. The van der Waals surface area contributed by atoms with Gasteiger partial charge in [-0.25, -0.2) is 4.98 Å². The Morgan fingerprint density at radius 2 is 2.08 bits per heavy atom. The average molecular weight is 435 g/mol. The Labute approximate surface area is 160 Å². The predicted molar refractivity (Wildman–Crippen MR) is 104 cm³/mol. The summed E-state index contributed by atoms with van der Waals surface area (Å²) in [4.78, 5) is 16.6. The van der Waals surface area contributed by atoms with Crippen molar-refractivity contribution >= 4 is 45.6 Å². The first-order valence-corrected chi connectivity index (χ1v) is 8.94. The second-order valence-corrected chi connectivity index (χ2v) is 6.97. The van der Waals surface area contributed by atoms with E-state index in [2.05, 4.69) is 26.2 Å². The van der Waals surface area contributed by atoms with Gasteiger partial charge in [0.05, 0.1) is 24.3 Å². The number of methoxy groups -OCH3 is 1. The fourth-order valence-electron chi connectivity index (χ4n) is 2.07. The number of carbonyl (C=O) groups excluding carboxylic acids is 1. The lowest BCUT2D eigenvalue weighted by molar-refractivity contribution is -0.124. The van der Waals surface area contributed by atoms with Gasteiger partial charge < -0.3 is 15.8 Å². The molecule has 0 fully saturated rings. The average Bonchev–Trinajstić information content (AvgIpc) is 3.03. The van der Waals surface area contributed by atoms with Crippen molar-refractivity contribution in [2.75, 3.05) is 13.7 Å². The van der Waals surface area contributed by atoms with E-state index in [1.807, 2.05) is 36.6 Å². The molecule has 0 aliphatic rings. The smallest absolute Gasteiger partial charge is 0.223 e. The van der Waals surface area contributed by atoms with Gasteiger partial charge in [0.2, 0.25) is 5.91 Å². The molecule has 1 aromatic heterocycles. The van der Waals surface area contributed by atoms with E-state index in [9.17, 15) is 4.79 Å². The van der Waals surface area contributed by atoms with Gasteiger partial charge >= 0.3 is 0 Å². The SMILES string of the molecule is COC(CN)CC(=O)NC(C)c1nc(-c2ccc(Br)cc2)cs1.Cl. The number of nitrogens with zero attached hydrogens (tertiary/aromatic N) is 1. The first kappa shape index (κ1) is 21.1. The molecule has 1 aromatic carbocycles. The zero-order chi connectivity index (χ0) is 16.8. The minimum Gasteiger partial charge on any atom is -0.380 e. The fraction of sp³-hybridized carbons (Fsp3) is 0.375. The van der Waals surface area contributed by atoms with E-state index in [0.717, 1.165) is 20.7 Å². The third kappa shape index (κ3) is 5.82. The topological polar surface area (TPSA) is 77.2 Å². The number of benzene rings is 1. The number of carbonyl (C=O) groups is 1. The summed E-state index contributed by atoms with van der Waals surface area (Å²) < 4.78 is 6.16. The van der Waals surface area contributed by atoms with Crippen molar-refractivity contribution < 1.29 is 9.53 Å². The van der Waals surface area contributed by atoms with Crippen molar-refractivity contribution in [3.8, 4) is 11.3 Å². The van der Waals surface area contributed by atoms with E-state index < -0.39 is 0 Å². The van der Waals surface area contributed by atoms with Crippen LogP contribution in [0.4, 0.5) is 0 Å². The van der Waals surface area contributed by atoms with Gasteiger partial charge in [-0.3, -0.25) is 4.79 Å². The van der Waals surface area contributed by atoms with Crippen molar-refractivity contribution in [2.24, 2.45) is 5.73 Å². The van der Waals surface area contributed by atoms with Crippen LogP contribution in [0.3, 0.4) is 0 Å². The lowest BCUT2D eigenvalue weighted by Crippen LogP contribution is -2.33. The molecule has 1 amide bonds. The molecule has 2 aromatic rings. The van der Waals surface area contributed by atoms with Crippen LogP contribution in [0.5, 0.6) is 0 Å². The molecule has 24 heavy (non-hydrogen) atoms. The van der Waals surface area contributed by atoms with Crippen molar-refractivity contribution in [2.45, 2.75) is 25.5 Å². The Morgan fingerprint density at radius 1 is 1.42 bits per heavy atom. The molecular weight excluding hydrogens is 414 g/mol. The molecule has 132 valence electrons. The summed E-state index contributed by atoms with van der Waals surface area (Å²) in [5.41, 5.74) is 7.50. The summed E-state index contributed by atoms with van der Waals surface area (Å²) in [6.45, 7) is 2.25. The largest absolute Gasteiger partial charge is 0.380 e. The Kier molecular flexibility index (Phi) is 8.86. The second kappa shape index (κ2) is 10.1. The third-order valence-electron chi connectivity index (χ3n) is 3.42. The maximum absolute atomic E-state index is 12.0. The number of ether oxygens (including phenoxy) is 1. The highest BCUT2D eigenvalue weighted by molar-refractivity contribution is 9.10. The molecule has 0 aliphatic heterocycles. The molecule has 3 N–H and O–H groups in total. The lowest BCUT2D eigenvalue weighted by Gasteiger charge is -2.15. The number of halogens is 2. The van der Waals surface area contributed by atoms with Gasteiger partial charge in [-0.1, -0.05) is 28.1 Å². The molecule has 0 radical (unpaired) electrons. The van der Waals surface area contributed by atoms with Crippen molar-refractivity contribution in [1.82, 2.24) is 10.3 Å². The quantitative estimate of drug-likeness (QED) is 0.699. The molecule has 0 spiro atoms. The normalized spacial score (nSPS) is 13.0. The van der Waals surface area contributed by atoms with Gasteiger partial charge in [0, 0.05) is 29.1 Å². The molecule has 0 saturated heterocycles. The summed E-state index contributed by atoms with van der Waals surface area (Å²) in [6, 6.07) is 7.84. The van der Waals surface area contributed by atoms with Crippen molar-refractivity contribution in [3.05, 3.63) is 39.1 Å². The highest BCUT2D eigenvalue weighted by Crippen LogP contribution is 2.26. The van der Waals surface area contributed by atoms with Crippen LogP contribution in [-0.4, -0.2) is 30.6 Å². The Bertz CT molecular complexity index is 647. The molecule has 2 rings (SSSR count). The van der Waals surface area contributed by atoms with E-state index in [1.165, 1.54) is 11.3 Å². The molecular formula is C16H21BrClN3O2S. The predicted octanol–water partition coefficient (Wildman–Crippen LogP) is 3.54. The monoisotopic (exact) mass is 433 g/mol. The molecule has 2 unspecified atom stereocenters. The van der Waals surface area contributed by atoms with Gasteiger partial charge in [-0.15, -0.1) is 23.7 Å². The highest BCUT2D eigenvalue weighted by Gasteiger charge is 2.17. The first-order chi connectivity index (χ1) is 11.0. The number of rotatable bonds is 7. The van der Waals surface area contributed by atoms with Crippen molar-refractivity contribution in [1.29, 1.82) is 0 Å². The maximum atomic E-state index is 12.0. The summed E-state index contributed by atoms with van der Waals surface area (Å²) >= 11 is 4.96. The summed E-state index contributed by atoms with van der Waals surface area (Å²) in [7, 11) is 1.56. The van der Waals surface area contributed by atoms with Crippen LogP contribution in [0.25, 0.3) is 11.3 Å². The molecule has 0 saturated carbocycles. The molecule has 0 bridgehead atoms. The van der Waals surface area contributed by atoms with Crippen molar-refractivity contribution in [3.63, 3.8) is 0 Å². The third-order valence-corrected chi connectivity index (χ3v) is 4.98. The van der Waals surface area contributed by atoms with Gasteiger partial charge in [-0.05, 0) is 19.1 Å². The van der Waals surface area contributed by atoms with E-state index in [-0.39, 0.29) is 36.9 Å². The number of hydrogen-bond donors (Lipinski definition) is 2. The van der Waals surface area contributed by atoms with E-state index in [0.29, 0.717) is 6.54 Å². The van der Waals surface area contributed by atoms with E-state index in [1.54, 1.807) is 7.11 Å². The minimum absolute atomic E-state index is 0. The Hall–Kier alpha value is -0.990. The number of hydrogen-bond acceptors (Lipinski definition) is 5. The molecule has 1 heterocycles. The minimum atomic E-state index is -0.253. The maximum Gasteiger partial charge on any atom is 0.223 e. The number of thiazole rings is 1.